The number of fused-ring (bicyclic) bond motifs is 2. The molecular formula is C53H66N14O9. The molecule has 402 valence electrons. The number of hydrogen-bond acceptors (Lipinski definition) is 11. The number of amides is 9. The number of hydrogen-bond donors (Lipinski definition) is 11. The van der Waals surface area contributed by atoms with Gasteiger partial charge in [0.2, 0.25) is 53.2 Å². The Hall–Kier alpha value is -8.63. The Kier molecular flexibility index (Phi) is 19.3. The first kappa shape index (κ1) is 55.1. The zero-order valence-electron chi connectivity index (χ0n) is 42.0. The Bertz CT molecular complexity index is 2700. The van der Waals surface area contributed by atoms with Crippen molar-refractivity contribution in [1.29, 1.82) is 5.41 Å². The molecular weight excluding hydrogens is 977 g/mol. The van der Waals surface area contributed by atoms with Crippen molar-refractivity contribution in [3.8, 4) is 0 Å². The molecule has 9 amide bonds. The summed E-state index contributed by atoms with van der Waals surface area (Å²) < 4.78 is 0. The smallest absolute Gasteiger partial charge is 0.246 e. The number of carbonyl (C=O) groups excluding carboxylic acids is 9. The Morgan fingerprint density at radius 3 is 1.49 bits per heavy atom. The number of benzene rings is 3. The number of aromatic nitrogens is 2. The fourth-order valence-electron chi connectivity index (χ4n) is 9.81. The van der Waals surface area contributed by atoms with E-state index >= 15 is 0 Å². The second kappa shape index (κ2) is 26.5. The highest BCUT2D eigenvalue weighted by atomic mass is 16.2. The first-order valence-electron chi connectivity index (χ1n) is 25.5. The molecule has 0 bridgehead atoms. The molecule has 7 rings (SSSR count). The highest BCUT2D eigenvalue weighted by Gasteiger charge is 2.45. The lowest BCUT2D eigenvalue weighted by Gasteiger charge is -2.34. The van der Waals surface area contributed by atoms with E-state index in [9.17, 15) is 43.2 Å². The van der Waals surface area contributed by atoms with Crippen molar-refractivity contribution in [2.24, 2.45) is 11.5 Å². The van der Waals surface area contributed by atoms with E-state index in [0.717, 1.165) is 0 Å². The van der Waals surface area contributed by atoms with Gasteiger partial charge in [-0.1, -0.05) is 91.0 Å². The molecule has 0 spiro atoms. The van der Waals surface area contributed by atoms with Crippen molar-refractivity contribution in [2.45, 2.75) is 119 Å². The van der Waals surface area contributed by atoms with Crippen molar-refractivity contribution in [3.05, 3.63) is 126 Å². The lowest BCUT2D eigenvalue weighted by molar-refractivity contribution is -0.148. The second-order valence-electron chi connectivity index (χ2n) is 19.2. The quantitative estimate of drug-likeness (QED) is 0.0400. The summed E-state index contributed by atoms with van der Waals surface area (Å²) in [5.41, 5.74) is 13.4. The molecule has 23 heteroatoms. The van der Waals surface area contributed by atoms with E-state index in [1.54, 1.807) is 91.0 Å². The van der Waals surface area contributed by atoms with Crippen LogP contribution >= 0.6 is 0 Å². The highest BCUT2D eigenvalue weighted by molar-refractivity contribution is 6.00. The number of nitrogens with two attached hydrogens (primary N) is 2. The summed E-state index contributed by atoms with van der Waals surface area (Å²) >= 11 is 0. The highest BCUT2D eigenvalue weighted by Crippen LogP contribution is 2.27. The van der Waals surface area contributed by atoms with E-state index in [4.69, 9.17) is 16.9 Å². The maximum Gasteiger partial charge on any atom is 0.246 e. The van der Waals surface area contributed by atoms with Crippen LogP contribution in [0.1, 0.15) is 67.3 Å². The summed E-state index contributed by atoms with van der Waals surface area (Å²) in [6.45, 7) is 0.494. The third-order valence-electron chi connectivity index (χ3n) is 13.6. The van der Waals surface area contributed by atoms with Crippen LogP contribution in [0.5, 0.6) is 0 Å². The lowest BCUT2D eigenvalue weighted by Crippen LogP contribution is -2.62. The van der Waals surface area contributed by atoms with Crippen LogP contribution in [0.25, 0.3) is 0 Å². The van der Waals surface area contributed by atoms with E-state index in [1.165, 1.54) is 22.3 Å². The molecule has 76 heavy (non-hydrogen) atoms. The molecule has 23 nitrogen and oxygen atoms in total. The number of primary amides is 1. The zero-order chi connectivity index (χ0) is 54.1. The summed E-state index contributed by atoms with van der Waals surface area (Å²) in [6.07, 6.45) is 3.31. The number of H-pyrrole nitrogens is 1. The molecule has 3 aliphatic rings. The van der Waals surface area contributed by atoms with Crippen molar-refractivity contribution < 1.29 is 43.2 Å². The Labute approximate surface area is 439 Å². The molecule has 8 atom stereocenters. The molecule has 3 saturated heterocycles. The predicted molar refractivity (Wildman–Crippen MR) is 277 cm³/mol. The van der Waals surface area contributed by atoms with Gasteiger partial charge in [0.15, 0.2) is 5.96 Å². The van der Waals surface area contributed by atoms with Gasteiger partial charge in [-0.15, -0.1) is 0 Å². The Morgan fingerprint density at radius 1 is 0.553 bits per heavy atom. The van der Waals surface area contributed by atoms with Crippen molar-refractivity contribution in [2.75, 3.05) is 19.6 Å². The molecule has 4 heterocycles. The van der Waals surface area contributed by atoms with Gasteiger partial charge in [-0.3, -0.25) is 48.6 Å². The van der Waals surface area contributed by atoms with Gasteiger partial charge in [-0.05, 0) is 55.2 Å². The van der Waals surface area contributed by atoms with E-state index < -0.39 is 108 Å². The van der Waals surface area contributed by atoms with Gasteiger partial charge in [0.25, 0.3) is 0 Å². The van der Waals surface area contributed by atoms with E-state index in [2.05, 4.69) is 47.2 Å². The molecule has 1 aromatic heterocycles. The number of nitrogens with zero attached hydrogens (tertiary/aromatic N) is 3. The number of nitrogens with one attached hydrogen (secondary N) is 9. The van der Waals surface area contributed by atoms with Crippen LogP contribution in [0.4, 0.5) is 0 Å². The van der Waals surface area contributed by atoms with Crippen molar-refractivity contribution in [1.82, 2.24) is 57.0 Å². The van der Waals surface area contributed by atoms with Gasteiger partial charge < -0.3 is 63.5 Å². The van der Waals surface area contributed by atoms with Crippen LogP contribution in [-0.4, -0.2) is 147 Å². The van der Waals surface area contributed by atoms with Gasteiger partial charge in [0, 0.05) is 51.5 Å². The standard InChI is InChI=1S/C53H66N14O9/c54-44(68)29-40-49(73)63-39(28-35-30-57-31-59-35)48(72)65-41(27-34-17-8-3-9-18-34)51(75)67-24-12-21-43(67)52(76)66-23-11-20-42(66)50(74)60-36(19-10-22-58-53(55)56)45(69)61-37(25-32-13-4-1-5-14-32)46(70)62-38(47(71)64-40)26-33-15-6-2-7-16-33/h1-9,13-18,30-31,36-43H,10-12,19-29H2,(H2,54,68)(H,57,59)(H,60,74)(H,61,69)(H,62,70)(H,63,73)(H,64,71)(H,65,72)(H4,55,56,58)/t36-,37-,38-,39-,40-,41-,42-,43+/m0/s1. The number of aromatic amines is 1. The first-order valence-corrected chi connectivity index (χ1v) is 25.5. The first-order chi connectivity index (χ1) is 36.6. The van der Waals surface area contributed by atoms with Crippen LogP contribution in [0, 0.1) is 5.41 Å². The molecule has 0 unspecified atom stereocenters. The predicted octanol–water partition coefficient (Wildman–Crippen LogP) is -1.28. The fourth-order valence-corrected chi connectivity index (χ4v) is 9.81. The third kappa shape index (κ3) is 15.2. The summed E-state index contributed by atoms with van der Waals surface area (Å²) in [6, 6.07) is 15.7. The molecule has 3 aromatic carbocycles. The largest absolute Gasteiger partial charge is 0.370 e. The summed E-state index contributed by atoms with van der Waals surface area (Å²) in [5.74, 6) is -7.31. The van der Waals surface area contributed by atoms with Gasteiger partial charge in [0.05, 0.1) is 18.4 Å². The number of imidazole rings is 1. The lowest BCUT2D eigenvalue weighted by atomic mass is 10.0. The van der Waals surface area contributed by atoms with E-state index in [1.807, 2.05) is 0 Å². The normalized spacial score (nSPS) is 24.4. The molecule has 0 radical (unpaired) electrons. The molecule has 0 saturated carbocycles. The molecule has 13 N–H and O–H groups in total. The Balaban J connectivity index is 1.29. The van der Waals surface area contributed by atoms with Crippen molar-refractivity contribution in [3.63, 3.8) is 0 Å². The van der Waals surface area contributed by atoms with Gasteiger partial charge in [-0.25, -0.2) is 4.98 Å². The molecule has 0 aliphatic carbocycles. The van der Waals surface area contributed by atoms with Crippen LogP contribution < -0.4 is 48.7 Å². The molecule has 3 aliphatic heterocycles. The summed E-state index contributed by atoms with van der Waals surface area (Å²) in [5, 5.41) is 26.8. The third-order valence-corrected chi connectivity index (χ3v) is 13.6. The second-order valence-corrected chi connectivity index (χ2v) is 19.2. The SMILES string of the molecule is N=C(N)NCCC[C@@H]1NC(=O)[C@@H]2CCCN2C(=O)[C@H]2CCCN2C(=O)[C@H](Cc2ccccc2)NC(=O)[C@H](Cc2c[nH]cn2)NC(=O)[C@H](CC(N)=O)NC(=O)[C@H](Cc2ccccc2)NC(=O)[C@H](Cc2ccccc2)NC1=O. The number of carbonyl (C=O) groups is 9. The van der Waals surface area contributed by atoms with E-state index in [0.29, 0.717) is 35.2 Å². The number of guanidine groups is 1. The van der Waals surface area contributed by atoms with Gasteiger partial charge >= 0.3 is 0 Å². The monoisotopic (exact) mass is 1040 g/mol. The van der Waals surface area contributed by atoms with Crippen LogP contribution in [0.2, 0.25) is 0 Å². The Morgan fingerprint density at radius 2 is 0.987 bits per heavy atom. The van der Waals surface area contributed by atoms with Crippen LogP contribution in [-0.2, 0) is 68.8 Å². The average Bonchev–Trinajstić information content (AvgIpc) is 4.23. The van der Waals surface area contributed by atoms with Gasteiger partial charge in [-0.2, -0.15) is 0 Å². The number of rotatable bonds is 14. The van der Waals surface area contributed by atoms with Crippen LogP contribution in [0.15, 0.2) is 104 Å². The zero-order valence-corrected chi connectivity index (χ0v) is 42.0. The average molecular weight is 1040 g/mol. The minimum atomic E-state index is -1.70. The molecule has 3 fully saturated rings. The molecule has 4 aromatic rings. The minimum absolute atomic E-state index is 0.00252. The van der Waals surface area contributed by atoms with Crippen molar-refractivity contribution >= 4 is 59.1 Å². The maximum absolute atomic E-state index is 14.9. The summed E-state index contributed by atoms with van der Waals surface area (Å²) in [7, 11) is 0. The van der Waals surface area contributed by atoms with E-state index in [-0.39, 0.29) is 77.0 Å². The minimum Gasteiger partial charge on any atom is -0.370 e. The maximum atomic E-state index is 14.9. The summed E-state index contributed by atoms with van der Waals surface area (Å²) in [4.78, 5) is 140. The van der Waals surface area contributed by atoms with Gasteiger partial charge in [0.1, 0.15) is 48.3 Å². The fraction of sp³-hybridized carbons (Fsp3) is 0.415. The topological polar surface area (TPSA) is 349 Å². The van der Waals surface area contributed by atoms with Crippen LogP contribution in [0.3, 0.4) is 0 Å².